The van der Waals surface area contributed by atoms with Crippen molar-refractivity contribution in [3.8, 4) is 0 Å². The van der Waals surface area contributed by atoms with Gasteiger partial charge in [0.1, 0.15) is 11.5 Å². The quantitative estimate of drug-likeness (QED) is 0.709. The minimum absolute atomic E-state index is 0.0239. The lowest BCUT2D eigenvalue weighted by Gasteiger charge is -2.16. The maximum absolute atomic E-state index is 13.5. The van der Waals surface area contributed by atoms with Crippen molar-refractivity contribution in [2.45, 2.75) is 19.6 Å². The van der Waals surface area contributed by atoms with Gasteiger partial charge in [0.05, 0.1) is 28.4 Å². The first-order valence-corrected chi connectivity index (χ1v) is 8.08. The molecule has 0 fully saturated rings. The van der Waals surface area contributed by atoms with Crippen molar-refractivity contribution in [2.24, 2.45) is 7.05 Å². The Morgan fingerprint density at radius 3 is 2.57 bits per heavy atom. The number of nitrogens with one attached hydrogen (secondary N) is 1. The second-order valence-corrected chi connectivity index (χ2v) is 6.14. The van der Waals surface area contributed by atoms with Gasteiger partial charge in [-0.2, -0.15) is 13.2 Å². The van der Waals surface area contributed by atoms with E-state index >= 15 is 0 Å². The lowest BCUT2D eigenvalue weighted by Crippen LogP contribution is -2.22. The molecule has 7 nitrogen and oxygen atoms in total. The number of carboxylic acids is 1. The first-order valence-electron chi connectivity index (χ1n) is 8.08. The van der Waals surface area contributed by atoms with Gasteiger partial charge in [0.15, 0.2) is 0 Å². The van der Waals surface area contributed by atoms with Gasteiger partial charge >= 0.3 is 12.1 Å². The Balaban J connectivity index is 2.03. The van der Waals surface area contributed by atoms with E-state index in [0.29, 0.717) is 11.5 Å². The number of alkyl halides is 3. The van der Waals surface area contributed by atoms with Crippen LogP contribution in [0.15, 0.2) is 35.3 Å². The standard InChI is InChI=1S/C18H15F3N4O3/c1-9-24-15-6-13(18(19,20)21)10(5-12(15)16(26)25(9)2)7-22-11-3-4-14(17(27)28)23-8-11/h3-6,8,22H,7H2,1-2H3,(H,27,28). The number of benzene rings is 1. The fourth-order valence-corrected chi connectivity index (χ4v) is 2.71. The van der Waals surface area contributed by atoms with Crippen LogP contribution < -0.4 is 10.9 Å². The smallest absolute Gasteiger partial charge is 0.416 e. The minimum atomic E-state index is -4.63. The summed E-state index contributed by atoms with van der Waals surface area (Å²) in [6, 6.07) is 4.68. The zero-order valence-corrected chi connectivity index (χ0v) is 14.8. The van der Waals surface area contributed by atoms with E-state index in [1.807, 2.05) is 0 Å². The number of aromatic nitrogens is 3. The molecular weight excluding hydrogens is 377 g/mol. The van der Waals surface area contributed by atoms with Crippen LogP contribution in [0.3, 0.4) is 0 Å². The highest BCUT2D eigenvalue weighted by atomic mass is 19.4. The number of fused-ring (bicyclic) bond motifs is 1. The largest absolute Gasteiger partial charge is 0.477 e. The zero-order chi connectivity index (χ0) is 20.6. The fourth-order valence-electron chi connectivity index (χ4n) is 2.71. The third-order valence-electron chi connectivity index (χ3n) is 4.30. The number of hydrogen-bond acceptors (Lipinski definition) is 5. The number of aromatic carboxylic acids is 1. The van der Waals surface area contributed by atoms with Gasteiger partial charge in [0.25, 0.3) is 5.56 Å². The van der Waals surface area contributed by atoms with Crippen molar-refractivity contribution >= 4 is 22.6 Å². The van der Waals surface area contributed by atoms with Crippen LogP contribution in [-0.2, 0) is 19.8 Å². The molecule has 0 radical (unpaired) electrons. The highest BCUT2D eigenvalue weighted by Crippen LogP contribution is 2.34. The average Bonchev–Trinajstić information content (AvgIpc) is 2.64. The number of hydrogen-bond donors (Lipinski definition) is 2. The second-order valence-electron chi connectivity index (χ2n) is 6.14. The maximum atomic E-state index is 13.5. The Morgan fingerprint density at radius 2 is 2.00 bits per heavy atom. The third-order valence-corrected chi connectivity index (χ3v) is 4.30. The van der Waals surface area contributed by atoms with E-state index in [-0.39, 0.29) is 28.7 Å². The summed E-state index contributed by atoms with van der Waals surface area (Å²) in [4.78, 5) is 31.0. The number of pyridine rings is 1. The van der Waals surface area contributed by atoms with Crippen molar-refractivity contribution < 1.29 is 23.1 Å². The Kier molecular flexibility index (Phi) is 4.80. The van der Waals surface area contributed by atoms with Crippen molar-refractivity contribution in [3.63, 3.8) is 0 Å². The SMILES string of the molecule is Cc1nc2cc(C(F)(F)F)c(CNc3ccc(C(=O)O)nc3)cc2c(=O)n1C. The maximum Gasteiger partial charge on any atom is 0.416 e. The molecule has 3 rings (SSSR count). The highest BCUT2D eigenvalue weighted by molar-refractivity contribution is 5.85. The number of carbonyl (C=O) groups is 1. The Morgan fingerprint density at radius 1 is 1.29 bits per heavy atom. The summed E-state index contributed by atoms with van der Waals surface area (Å²) in [5, 5.41) is 11.7. The van der Waals surface area contributed by atoms with Gasteiger partial charge < -0.3 is 10.4 Å². The molecule has 28 heavy (non-hydrogen) atoms. The Hall–Kier alpha value is -3.43. The number of rotatable bonds is 4. The molecule has 2 N–H and O–H groups in total. The van der Waals surface area contributed by atoms with Crippen LogP contribution in [0.5, 0.6) is 0 Å². The van der Waals surface area contributed by atoms with Crippen LogP contribution >= 0.6 is 0 Å². The van der Waals surface area contributed by atoms with Gasteiger partial charge in [-0.25, -0.2) is 14.8 Å². The zero-order valence-electron chi connectivity index (χ0n) is 14.8. The summed E-state index contributed by atoms with van der Waals surface area (Å²) in [6.07, 6.45) is -3.42. The molecule has 1 aromatic carbocycles. The second kappa shape index (κ2) is 6.95. The van der Waals surface area contributed by atoms with Crippen LogP contribution in [0.1, 0.15) is 27.4 Å². The first kappa shape index (κ1) is 19.3. The lowest BCUT2D eigenvalue weighted by atomic mass is 10.0. The number of aryl methyl sites for hydroxylation is 1. The van der Waals surface area contributed by atoms with Gasteiger partial charge in [-0.3, -0.25) is 9.36 Å². The summed E-state index contributed by atoms with van der Waals surface area (Å²) >= 11 is 0. The summed E-state index contributed by atoms with van der Waals surface area (Å²) in [5.41, 5.74) is -1.34. The molecule has 0 saturated heterocycles. The van der Waals surface area contributed by atoms with Crippen LogP contribution in [0.2, 0.25) is 0 Å². The predicted octanol–water partition coefficient (Wildman–Crippen LogP) is 2.97. The molecule has 0 atom stereocenters. The Labute approximate surface area is 156 Å². The van der Waals surface area contributed by atoms with Gasteiger partial charge in [-0.15, -0.1) is 0 Å². The van der Waals surface area contributed by atoms with E-state index in [1.165, 1.54) is 42.9 Å². The van der Waals surface area contributed by atoms with E-state index in [4.69, 9.17) is 5.11 Å². The molecule has 0 saturated carbocycles. The van der Waals surface area contributed by atoms with E-state index in [1.54, 1.807) is 0 Å². The van der Waals surface area contributed by atoms with Crippen LogP contribution in [0.25, 0.3) is 10.9 Å². The summed E-state index contributed by atoms with van der Waals surface area (Å²) in [6.45, 7) is 1.30. The molecule has 0 aliphatic heterocycles. The number of halogens is 3. The lowest BCUT2D eigenvalue weighted by molar-refractivity contribution is -0.138. The van der Waals surface area contributed by atoms with E-state index in [2.05, 4.69) is 15.3 Å². The number of anilines is 1. The first-order chi connectivity index (χ1) is 13.1. The van der Waals surface area contributed by atoms with Crippen molar-refractivity contribution in [2.75, 3.05) is 5.32 Å². The molecule has 2 heterocycles. The van der Waals surface area contributed by atoms with Crippen LogP contribution in [0.4, 0.5) is 18.9 Å². The van der Waals surface area contributed by atoms with Gasteiger partial charge in [0.2, 0.25) is 0 Å². The van der Waals surface area contributed by atoms with E-state index in [0.717, 1.165) is 6.07 Å². The molecule has 3 aromatic rings. The van der Waals surface area contributed by atoms with Crippen LogP contribution in [0, 0.1) is 6.92 Å². The fraction of sp³-hybridized carbons (Fsp3) is 0.222. The molecule has 10 heteroatoms. The van der Waals surface area contributed by atoms with E-state index in [9.17, 15) is 22.8 Å². The molecule has 0 spiro atoms. The summed E-state index contributed by atoms with van der Waals surface area (Å²) < 4.78 is 41.8. The van der Waals surface area contributed by atoms with Crippen molar-refractivity contribution in [1.82, 2.24) is 14.5 Å². The molecule has 146 valence electrons. The molecule has 0 aliphatic carbocycles. The average molecular weight is 392 g/mol. The van der Waals surface area contributed by atoms with Gasteiger partial charge in [-0.05, 0) is 36.8 Å². The number of carboxylic acid groups (broad SMARTS) is 1. The molecule has 0 unspecified atom stereocenters. The molecular formula is C18H15F3N4O3. The molecule has 2 aromatic heterocycles. The van der Waals surface area contributed by atoms with Gasteiger partial charge in [-0.1, -0.05) is 0 Å². The highest BCUT2D eigenvalue weighted by Gasteiger charge is 2.34. The van der Waals surface area contributed by atoms with Crippen molar-refractivity contribution in [3.05, 3.63) is 63.5 Å². The topological polar surface area (TPSA) is 97.1 Å². The minimum Gasteiger partial charge on any atom is -0.477 e. The predicted molar refractivity (Wildman–Crippen MR) is 95.2 cm³/mol. The normalized spacial score (nSPS) is 11.6. The summed E-state index contributed by atoms with van der Waals surface area (Å²) in [7, 11) is 1.50. The summed E-state index contributed by atoms with van der Waals surface area (Å²) in [5.74, 6) is -0.903. The molecule has 0 amide bonds. The third kappa shape index (κ3) is 3.66. The monoisotopic (exact) mass is 392 g/mol. The molecule has 0 bridgehead atoms. The van der Waals surface area contributed by atoms with Gasteiger partial charge in [0, 0.05) is 13.6 Å². The van der Waals surface area contributed by atoms with Crippen LogP contribution in [-0.4, -0.2) is 25.6 Å². The molecule has 0 aliphatic rings. The van der Waals surface area contributed by atoms with Crippen molar-refractivity contribution in [1.29, 1.82) is 0 Å². The van der Waals surface area contributed by atoms with E-state index < -0.39 is 23.3 Å². The number of nitrogens with zero attached hydrogens (tertiary/aromatic N) is 3. The Bertz CT molecular complexity index is 1120.